The van der Waals surface area contributed by atoms with Gasteiger partial charge in [0.1, 0.15) is 0 Å². The molecule has 0 radical (unpaired) electrons. The molecule has 0 fully saturated rings. The fourth-order valence-electron chi connectivity index (χ4n) is 1.66. The minimum Gasteiger partial charge on any atom is -0.394 e. The normalized spacial score (nSPS) is 14.6. The van der Waals surface area contributed by atoms with Crippen molar-refractivity contribution in [2.24, 2.45) is 11.3 Å². The summed E-state index contributed by atoms with van der Waals surface area (Å²) in [6, 6.07) is 0. The van der Waals surface area contributed by atoms with E-state index in [0.29, 0.717) is 0 Å². The third kappa shape index (κ3) is 6.02. The van der Waals surface area contributed by atoms with Crippen molar-refractivity contribution in [3.8, 4) is 0 Å². The van der Waals surface area contributed by atoms with Gasteiger partial charge in [-0.25, -0.2) is 0 Å². The third-order valence-electron chi connectivity index (χ3n) is 3.56. The van der Waals surface area contributed by atoms with Crippen molar-refractivity contribution in [3.63, 3.8) is 0 Å². The van der Waals surface area contributed by atoms with Crippen LogP contribution in [0.3, 0.4) is 0 Å². The van der Waals surface area contributed by atoms with E-state index in [1.54, 1.807) is 0 Å². The second-order valence-electron chi connectivity index (χ2n) is 5.35. The Morgan fingerprint density at radius 2 is 1.89 bits per heavy atom. The Hall–Kier alpha value is -1.14. The molecule has 0 aliphatic carbocycles. The van der Waals surface area contributed by atoms with Crippen molar-refractivity contribution in [3.05, 3.63) is 0 Å². The van der Waals surface area contributed by atoms with Crippen LogP contribution in [0.4, 0.5) is 0 Å². The van der Waals surface area contributed by atoms with Gasteiger partial charge in [0, 0.05) is 20.0 Å². The molecule has 0 heterocycles. The molecule has 4 N–H and O–H groups in total. The fourth-order valence-corrected chi connectivity index (χ4v) is 1.66. The molecule has 2 unspecified atom stereocenters. The molecule has 19 heavy (non-hydrogen) atoms. The molecule has 0 bridgehead atoms. The topological polar surface area (TPSA) is 98.7 Å². The van der Waals surface area contributed by atoms with Gasteiger partial charge in [0.25, 0.3) is 0 Å². The Bertz CT molecular complexity index is 305. The van der Waals surface area contributed by atoms with Crippen LogP contribution >= 0.6 is 0 Å². The maximum absolute atomic E-state index is 12.1. The smallest absolute Gasteiger partial charge is 0.224 e. The highest BCUT2D eigenvalue weighted by Crippen LogP contribution is 2.33. The largest absolute Gasteiger partial charge is 0.394 e. The Morgan fingerprint density at radius 1 is 1.32 bits per heavy atom. The average Bonchev–Trinajstić information content (AvgIpc) is 2.40. The summed E-state index contributed by atoms with van der Waals surface area (Å²) in [6.45, 7) is 5.41. The number of carbonyl (C=O) groups excluding carboxylic acids is 2. The number of nitrogens with one attached hydrogen (secondary N) is 2. The van der Waals surface area contributed by atoms with E-state index in [4.69, 9.17) is 5.11 Å². The first kappa shape index (κ1) is 17.9. The van der Waals surface area contributed by atoms with Gasteiger partial charge in [0.05, 0.1) is 18.6 Å². The van der Waals surface area contributed by atoms with E-state index in [2.05, 4.69) is 10.6 Å². The molecular formula is C13H26N2O4. The summed E-state index contributed by atoms with van der Waals surface area (Å²) in [7, 11) is 1.53. The van der Waals surface area contributed by atoms with E-state index in [-0.39, 0.29) is 30.2 Å². The minimum atomic E-state index is -0.977. The molecule has 0 aromatic carbocycles. The van der Waals surface area contributed by atoms with Crippen molar-refractivity contribution in [2.75, 3.05) is 20.2 Å². The molecule has 6 nitrogen and oxygen atoms in total. The van der Waals surface area contributed by atoms with Gasteiger partial charge in [-0.15, -0.1) is 0 Å². The Kier molecular flexibility index (Phi) is 7.63. The van der Waals surface area contributed by atoms with E-state index >= 15 is 0 Å². The first-order valence-electron chi connectivity index (χ1n) is 6.55. The van der Waals surface area contributed by atoms with Crippen LogP contribution < -0.4 is 10.6 Å². The molecule has 0 saturated heterocycles. The van der Waals surface area contributed by atoms with Crippen LogP contribution in [0.2, 0.25) is 0 Å². The summed E-state index contributed by atoms with van der Waals surface area (Å²) in [5.74, 6) is -0.935. The fraction of sp³-hybridized carbons (Fsp3) is 0.846. The summed E-state index contributed by atoms with van der Waals surface area (Å²) in [6.07, 6.45) is -0.113. The Balaban J connectivity index is 4.73. The van der Waals surface area contributed by atoms with Gasteiger partial charge < -0.3 is 20.8 Å². The SMILES string of the molecule is CCC(C)(C)C(CC(=O)NC)C(=O)NCC(O)CO. The Labute approximate surface area is 114 Å². The van der Waals surface area contributed by atoms with Gasteiger partial charge in [-0.3, -0.25) is 9.59 Å². The van der Waals surface area contributed by atoms with E-state index in [0.717, 1.165) is 6.42 Å². The molecule has 0 saturated carbocycles. The lowest BCUT2D eigenvalue weighted by Gasteiger charge is -2.32. The molecule has 6 heteroatoms. The minimum absolute atomic E-state index is 0.0145. The predicted molar refractivity (Wildman–Crippen MR) is 72.3 cm³/mol. The number of rotatable bonds is 8. The molecule has 112 valence electrons. The quantitative estimate of drug-likeness (QED) is 0.486. The van der Waals surface area contributed by atoms with Crippen LogP contribution in [0.15, 0.2) is 0 Å². The highest BCUT2D eigenvalue weighted by molar-refractivity contribution is 5.86. The number of amides is 2. The molecule has 0 aromatic rings. The molecule has 2 amide bonds. The van der Waals surface area contributed by atoms with Crippen LogP contribution in [-0.4, -0.2) is 48.3 Å². The summed E-state index contributed by atoms with van der Waals surface area (Å²) < 4.78 is 0. The summed E-state index contributed by atoms with van der Waals surface area (Å²) in [4.78, 5) is 23.6. The standard InChI is InChI=1S/C13H26N2O4/c1-5-13(2,3)10(6-11(18)14-4)12(19)15-7-9(17)8-16/h9-10,16-17H,5-8H2,1-4H3,(H,14,18)(H,15,19). The molecular weight excluding hydrogens is 248 g/mol. The lowest BCUT2D eigenvalue weighted by atomic mass is 9.74. The molecule has 2 atom stereocenters. The van der Waals surface area contributed by atoms with E-state index in [1.165, 1.54) is 7.05 Å². The van der Waals surface area contributed by atoms with Gasteiger partial charge in [-0.2, -0.15) is 0 Å². The molecule has 0 spiro atoms. The lowest BCUT2D eigenvalue weighted by Crippen LogP contribution is -2.44. The molecule has 0 rings (SSSR count). The van der Waals surface area contributed by atoms with Crippen molar-refractivity contribution < 1.29 is 19.8 Å². The highest BCUT2D eigenvalue weighted by Gasteiger charge is 2.35. The van der Waals surface area contributed by atoms with Crippen LogP contribution in [0.25, 0.3) is 0 Å². The highest BCUT2D eigenvalue weighted by atomic mass is 16.3. The first-order chi connectivity index (χ1) is 8.78. The number of carbonyl (C=O) groups is 2. The third-order valence-corrected chi connectivity index (χ3v) is 3.56. The van der Waals surface area contributed by atoms with Crippen molar-refractivity contribution in [1.29, 1.82) is 0 Å². The van der Waals surface area contributed by atoms with Crippen LogP contribution in [0.1, 0.15) is 33.6 Å². The first-order valence-corrected chi connectivity index (χ1v) is 6.55. The summed E-state index contributed by atoms with van der Waals surface area (Å²) in [5, 5.41) is 23.0. The second-order valence-corrected chi connectivity index (χ2v) is 5.35. The van der Waals surface area contributed by atoms with Crippen LogP contribution in [-0.2, 0) is 9.59 Å². The molecule has 0 aliphatic heterocycles. The van der Waals surface area contributed by atoms with E-state index in [1.807, 2.05) is 20.8 Å². The predicted octanol–water partition coefficient (Wildman–Crippen LogP) is -0.356. The number of hydrogen-bond acceptors (Lipinski definition) is 4. The zero-order valence-electron chi connectivity index (χ0n) is 12.2. The maximum Gasteiger partial charge on any atom is 0.224 e. The number of aliphatic hydroxyl groups is 2. The van der Waals surface area contributed by atoms with Crippen molar-refractivity contribution in [1.82, 2.24) is 10.6 Å². The second kappa shape index (κ2) is 8.12. The molecule has 0 aliphatic rings. The van der Waals surface area contributed by atoms with Gasteiger partial charge in [-0.1, -0.05) is 27.2 Å². The van der Waals surface area contributed by atoms with Crippen LogP contribution in [0, 0.1) is 11.3 Å². The summed E-state index contributed by atoms with van der Waals surface area (Å²) >= 11 is 0. The van der Waals surface area contributed by atoms with E-state index in [9.17, 15) is 14.7 Å². The summed E-state index contributed by atoms with van der Waals surface area (Å²) in [5.41, 5.74) is -0.319. The number of aliphatic hydroxyl groups excluding tert-OH is 2. The molecule has 0 aromatic heterocycles. The van der Waals surface area contributed by atoms with Gasteiger partial charge in [-0.05, 0) is 5.41 Å². The van der Waals surface area contributed by atoms with Gasteiger partial charge >= 0.3 is 0 Å². The zero-order valence-corrected chi connectivity index (χ0v) is 12.2. The maximum atomic E-state index is 12.1. The van der Waals surface area contributed by atoms with Gasteiger partial charge in [0.15, 0.2) is 0 Å². The van der Waals surface area contributed by atoms with E-state index < -0.39 is 18.6 Å². The lowest BCUT2D eigenvalue weighted by molar-refractivity contribution is -0.134. The zero-order chi connectivity index (χ0) is 15.1. The van der Waals surface area contributed by atoms with Crippen molar-refractivity contribution >= 4 is 11.8 Å². The monoisotopic (exact) mass is 274 g/mol. The Morgan fingerprint density at radius 3 is 2.32 bits per heavy atom. The number of hydrogen-bond donors (Lipinski definition) is 4. The van der Waals surface area contributed by atoms with Gasteiger partial charge in [0.2, 0.25) is 11.8 Å². The van der Waals surface area contributed by atoms with Crippen LogP contribution in [0.5, 0.6) is 0 Å². The van der Waals surface area contributed by atoms with Crippen molar-refractivity contribution in [2.45, 2.75) is 39.7 Å². The average molecular weight is 274 g/mol.